The number of methoxy groups -OCH3 is 1. The maximum absolute atomic E-state index is 7.36. The van der Waals surface area contributed by atoms with Gasteiger partial charge in [-0.05, 0) is 18.2 Å². The number of aromatic nitrogens is 2. The highest BCUT2D eigenvalue weighted by molar-refractivity contribution is 6.35. The molecule has 4 nitrogen and oxygen atoms in total. The number of hydrogen-bond acceptors (Lipinski definition) is 3. The van der Waals surface area contributed by atoms with E-state index in [1.165, 1.54) is 6.21 Å². The Morgan fingerprint density at radius 2 is 2.21 bits per heavy atom. The number of nitrogens with one attached hydrogen (secondary N) is 1. The van der Waals surface area contributed by atoms with Gasteiger partial charge in [-0.25, -0.2) is 4.98 Å². The van der Waals surface area contributed by atoms with Gasteiger partial charge in [-0.15, -0.1) is 0 Å². The number of hydrogen-bond donors (Lipinski definition) is 1. The molecule has 0 saturated carbocycles. The van der Waals surface area contributed by atoms with E-state index in [1.54, 1.807) is 13.3 Å². The number of pyridine rings is 1. The maximum atomic E-state index is 7.36. The van der Waals surface area contributed by atoms with Crippen LogP contribution in [0.2, 0.25) is 5.15 Å². The summed E-state index contributed by atoms with van der Waals surface area (Å²) in [6.45, 7) is 0.457. The third kappa shape index (κ3) is 1.76. The zero-order chi connectivity index (χ0) is 13.4. The lowest BCUT2D eigenvalue weighted by Gasteiger charge is -2.05. The second-order valence-electron chi connectivity index (χ2n) is 4.20. The molecular formula is C14H12ClN3O. The largest absolute Gasteiger partial charge is 0.497 e. The van der Waals surface area contributed by atoms with E-state index in [0.29, 0.717) is 11.7 Å². The lowest BCUT2D eigenvalue weighted by atomic mass is 10.2. The average molecular weight is 274 g/mol. The van der Waals surface area contributed by atoms with Crippen LogP contribution in [0.25, 0.3) is 21.8 Å². The Morgan fingerprint density at radius 3 is 2.95 bits per heavy atom. The van der Waals surface area contributed by atoms with Crippen LogP contribution in [0.3, 0.4) is 0 Å². The SMILES string of the molecule is COc1ccc2c3ccnc(Cl)c3n(CC=N)c2c1. The summed E-state index contributed by atoms with van der Waals surface area (Å²) in [5.41, 5.74) is 1.85. The number of fused-ring (bicyclic) bond motifs is 3. The van der Waals surface area contributed by atoms with Gasteiger partial charge in [0.1, 0.15) is 5.75 Å². The quantitative estimate of drug-likeness (QED) is 0.586. The molecule has 2 aromatic heterocycles. The molecule has 0 saturated heterocycles. The standard InChI is InChI=1S/C14H12ClN3O/c1-19-9-2-3-10-11-4-6-17-14(15)13(11)18(7-5-16)12(10)8-9/h2-6,8,16H,7H2,1H3. The van der Waals surface area contributed by atoms with Gasteiger partial charge in [0.2, 0.25) is 0 Å². The van der Waals surface area contributed by atoms with Crippen molar-refractivity contribution in [2.45, 2.75) is 6.54 Å². The van der Waals surface area contributed by atoms with Gasteiger partial charge in [0.05, 0.1) is 24.7 Å². The van der Waals surface area contributed by atoms with Gasteiger partial charge < -0.3 is 14.7 Å². The first kappa shape index (κ1) is 12.0. The monoisotopic (exact) mass is 273 g/mol. The molecule has 0 bridgehead atoms. The van der Waals surface area contributed by atoms with Crippen molar-refractivity contribution in [2.24, 2.45) is 0 Å². The van der Waals surface area contributed by atoms with Gasteiger partial charge in [0.25, 0.3) is 0 Å². The van der Waals surface area contributed by atoms with Crippen molar-refractivity contribution in [1.29, 1.82) is 5.41 Å². The highest BCUT2D eigenvalue weighted by atomic mass is 35.5. The summed E-state index contributed by atoms with van der Waals surface area (Å²) < 4.78 is 7.24. The van der Waals surface area contributed by atoms with Crippen LogP contribution in [0, 0.1) is 5.41 Å². The van der Waals surface area contributed by atoms with Crippen molar-refractivity contribution in [3.63, 3.8) is 0 Å². The molecule has 0 amide bonds. The van der Waals surface area contributed by atoms with Gasteiger partial charge in [0, 0.05) is 29.3 Å². The highest BCUT2D eigenvalue weighted by Gasteiger charge is 2.13. The van der Waals surface area contributed by atoms with Crippen LogP contribution in [0.5, 0.6) is 5.75 Å². The van der Waals surface area contributed by atoms with Crippen molar-refractivity contribution in [2.75, 3.05) is 7.11 Å². The first-order chi connectivity index (χ1) is 9.26. The second kappa shape index (κ2) is 4.55. The molecule has 2 heterocycles. The Hall–Kier alpha value is -2.07. The predicted octanol–water partition coefficient (Wildman–Crippen LogP) is 3.50. The van der Waals surface area contributed by atoms with Crippen LogP contribution in [-0.4, -0.2) is 22.9 Å². The molecule has 96 valence electrons. The minimum absolute atomic E-state index is 0.453. The highest BCUT2D eigenvalue weighted by Crippen LogP contribution is 2.33. The molecule has 0 fully saturated rings. The van der Waals surface area contributed by atoms with E-state index >= 15 is 0 Å². The van der Waals surface area contributed by atoms with Gasteiger partial charge in [0.15, 0.2) is 5.15 Å². The number of ether oxygens (including phenoxy) is 1. The third-order valence-corrected chi connectivity index (χ3v) is 3.49. The first-order valence-electron chi connectivity index (χ1n) is 5.85. The molecule has 0 spiro atoms. The zero-order valence-corrected chi connectivity index (χ0v) is 11.1. The molecule has 0 unspecified atom stereocenters. The zero-order valence-electron chi connectivity index (χ0n) is 10.4. The van der Waals surface area contributed by atoms with Crippen molar-refractivity contribution in [1.82, 2.24) is 9.55 Å². The normalized spacial score (nSPS) is 11.1. The van der Waals surface area contributed by atoms with E-state index in [0.717, 1.165) is 27.6 Å². The second-order valence-corrected chi connectivity index (χ2v) is 4.55. The molecule has 3 aromatic rings. The predicted molar refractivity (Wildman–Crippen MR) is 77.6 cm³/mol. The fourth-order valence-corrected chi connectivity index (χ4v) is 2.65. The summed E-state index contributed by atoms with van der Waals surface area (Å²) in [5.74, 6) is 0.783. The molecular weight excluding hydrogens is 262 g/mol. The van der Waals surface area contributed by atoms with Crippen molar-refractivity contribution < 1.29 is 4.74 Å². The van der Waals surface area contributed by atoms with Crippen LogP contribution in [0.1, 0.15) is 0 Å². The van der Waals surface area contributed by atoms with Crippen molar-refractivity contribution in [3.05, 3.63) is 35.6 Å². The summed E-state index contributed by atoms with van der Waals surface area (Å²) in [4.78, 5) is 4.13. The summed E-state index contributed by atoms with van der Waals surface area (Å²) in [5, 5.41) is 9.94. The molecule has 19 heavy (non-hydrogen) atoms. The van der Waals surface area contributed by atoms with Gasteiger partial charge in [-0.3, -0.25) is 0 Å². The first-order valence-corrected chi connectivity index (χ1v) is 6.23. The summed E-state index contributed by atoms with van der Waals surface area (Å²) >= 11 is 6.20. The Bertz CT molecular complexity index is 779. The molecule has 1 N–H and O–H groups in total. The Labute approximate surface area is 115 Å². The van der Waals surface area contributed by atoms with Gasteiger partial charge in [-0.2, -0.15) is 0 Å². The van der Waals surface area contributed by atoms with Crippen molar-refractivity contribution in [3.8, 4) is 5.75 Å². The smallest absolute Gasteiger partial charge is 0.153 e. The van der Waals surface area contributed by atoms with E-state index in [2.05, 4.69) is 4.98 Å². The van der Waals surface area contributed by atoms with Crippen LogP contribution in [0.15, 0.2) is 30.5 Å². The van der Waals surface area contributed by atoms with E-state index in [9.17, 15) is 0 Å². The number of benzene rings is 1. The van der Waals surface area contributed by atoms with Crippen LogP contribution >= 0.6 is 11.6 Å². The molecule has 0 radical (unpaired) electrons. The Morgan fingerprint density at radius 1 is 1.37 bits per heavy atom. The lowest BCUT2D eigenvalue weighted by Crippen LogP contribution is -1.99. The van der Waals surface area contributed by atoms with Crippen LogP contribution < -0.4 is 4.74 Å². The fourth-order valence-electron chi connectivity index (χ4n) is 2.39. The minimum atomic E-state index is 0.453. The van der Waals surface area contributed by atoms with E-state index in [4.69, 9.17) is 21.7 Å². The molecule has 0 aliphatic rings. The van der Waals surface area contributed by atoms with Crippen molar-refractivity contribution >= 4 is 39.6 Å². The van der Waals surface area contributed by atoms with Crippen LogP contribution in [0.4, 0.5) is 0 Å². The van der Waals surface area contributed by atoms with Crippen LogP contribution in [-0.2, 0) is 6.54 Å². The summed E-state index contributed by atoms with van der Waals surface area (Å²) in [7, 11) is 1.64. The van der Waals surface area contributed by atoms with E-state index in [1.807, 2.05) is 28.8 Å². The number of nitrogens with zero attached hydrogens (tertiary/aromatic N) is 2. The van der Waals surface area contributed by atoms with E-state index in [-0.39, 0.29) is 0 Å². The molecule has 1 aromatic carbocycles. The molecule has 5 heteroatoms. The fraction of sp³-hybridized carbons (Fsp3) is 0.143. The van der Waals surface area contributed by atoms with E-state index < -0.39 is 0 Å². The maximum Gasteiger partial charge on any atom is 0.153 e. The molecule has 0 atom stereocenters. The number of rotatable bonds is 3. The Balaban J connectivity index is 2.50. The average Bonchev–Trinajstić information content (AvgIpc) is 2.74. The lowest BCUT2D eigenvalue weighted by molar-refractivity contribution is 0.415. The Kier molecular flexibility index (Phi) is 2.87. The topological polar surface area (TPSA) is 50.9 Å². The molecule has 0 aliphatic heterocycles. The van der Waals surface area contributed by atoms with Gasteiger partial charge >= 0.3 is 0 Å². The minimum Gasteiger partial charge on any atom is -0.497 e. The summed E-state index contributed by atoms with van der Waals surface area (Å²) in [6, 6.07) is 7.82. The molecule has 3 rings (SSSR count). The third-order valence-electron chi connectivity index (χ3n) is 3.21. The summed E-state index contributed by atoms with van der Waals surface area (Å²) in [6.07, 6.45) is 3.05. The van der Waals surface area contributed by atoms with Gasteiger partial charge in [-0.1, -0.05) is 11.6 Å². The molecule has 0 aliphatic carbocycles. The number of halogens is 1.